The number of fused-ring (bicyclic) bond motifs is 1. The van der Waals surface area contributed by atoms with Crippen molar-refractivity contribution in [3.8, 4) is 5.75 Å². The lowest BCUT2D eigenvalue weighted by molar-refractivity contribution is -0.00835. The summed E-state index contributed by atoms with van der Waals surface area (Å²) in [5, 5.41) is 15.6. The van der Waals surface area contributed by atoms with Gasteiger partial charge in [-0.25, -0.2) is 18.2 Å². The van der Waals surface area contributed by atoms with Gasteiger partial charge >= 0.3 is 6.03 Å². The van der Waals surface area contributed by atoms with Crippen LogP contribution in [0.3, 0.4) is 0 Å². The number of carbonyl (C=O) groups is 2. The zero-order valence-corrected chi connectivity index (χ0v) is 27.6. The molecule has 13 nitrogen and oxygen atoms in total. The molecule has 3 amide bonds. The summed E-state index contributed by atoms with van der Waals surface area (Å²) in [4.78, 5) is 32.2. The first kappa shape index (κ1) is 35.3. The van der Waals surface area contributed by atoms with Crippen LogP contribution in [-0.2, 0) is 21.8 Å². The monoisotopic (exact) mass is 636 g/mol. The molecule has 1 aliphatic rings. The topological polar surface area (TPSA) is 155 Å². The molecule has 0 spiro atoms. The van der Waals surface area contributed by atoms with Gasteiger partial charge in [0.15, 0.2) is 5.03 Å². The van der Waals surface area contributed by atoms with Crippen molar-refractivity contribution < 1.29 is 32.6 Å². The number of aliphatic hydroxyl groups excluding tert-OH is 1. The van der Waals surface area contributed by atoms with Crippen molar-refractivity contribution in [3.63, 3.8) is 0 Å². The Bertz CT molecular complexity index is 1370. The fourth-order valence-corrected chi connectivity index (χ4v) is 6.07. The van der Waals surface area contributed by atoms with Crippen molar-refractivity contribution in [2.75, 3.05) is 38.7 Å². The van der Waals surface area contributed by atoms with E-state index in [0.29, 0.717) is 24.5 Å². The van der Waals surface area contributed by atoms with Crippen LogP contribution in [0.5, 0.6) is 5.75 Å². The summed E-state index contributed by atoms with van der Waals surface area (Å²) in [5.74, 6) is -0.330. The van der Waals surface area contributed by atoms with Crippen LogP contribution in [0.15, 0.2) is 35.7 Å². The van der Waals surface area contributed by atoms with E-state index in [0.717, 1.165) is 12.8 Å². The van der Waals surface area contributed by atoms with Crippen molar-refractivity contribution in [1.82, 2.24) is 24.1 Å². The molecule has 0 aliphatic carbocycles. The summed E-state index contributed by atoms with van der Waals surface area (Å²) in [5.41, 5.74) is 0.663. The number of nitrogens with zero attached hydrogens (tertiary/aromatic N) is 4. The molecule has 4 atom stereocenters. The summed E-state index contributed by atoms with van der Waals surface area (Å²) >= 11 is 0. The van der Waals surface area contributed by atoms with Crippen molar-refractivity contribution in [1.29, 1.82) is 0 Å². The van der Waals surface area contributed by atoms with Gasteiger partial charge in [-0.2, -0.15) is 4.31 Å². The minimum Gasteiger partial charge on any atom is -0.490 e. The van der Waals surface area contributed by atoms with E-state index < -0.39 is 34.1 Å². The van der Waals surface area contributed by atoms with Gasteiger partial charge in [-0.1, -0.05) is 6.92 Å². The van der Waals surface area contributed by atoms with Crippen molar-refractivity contribution in [3.05, 3.63) is 36.3 Å². The van der Waals surface area contributed by atoms with Crippen LogP contribution in [0.25, 0.3) is 0 Å². The van der Waals surface area contributed by atoms with Gasteiger partial charge in [0.1, 0.15) is 5.75 Å². The van der Waals surface area contributed by atoms with E-state index in [1.165, 1.54) is 23.9 Å². The number of imidazole rings is 1. The molecule has 0 radical (unpaired) electrons. The Kier molecular flexibility index (Phi) is 12.6. The van der Waals surface area contributed by atoms with E-state index in [4.69, 9.17) is 9.47 Å². The maximum Gasteiger partial charge on any atom is 0.319 e. The van der Waals surface area contributed by atoms with Crippen LogP contribution >= 0.6 is 0 Å². The zero-order valence-electron chi connectivity index (χ0n) is 26.8. The minimum absolute atomic E-state index is 0.0464. The maximum absolute atomic E-state index is 14.2. The molecule has 1 aliphatic heterocycles. The molecule has 14 heteroatoms. The summed E-state index contributed by atoms with van der Waals surface area (Å²) in [7, 11) is -0.682. The van der Waals surface area contributed by atoms with E-state index in [9.17, 15) is 23.1 Å². The van der Waals surface area contributed by atoms with E-state index in [1.54, 1.807) is 41.6 Å². The standard InChI is InChI=1S/C30H48N6O7S/c1-20(2)32-30(39)33-24-11-12-26-25(14-24)29(38)36(22(4)18-37)15-21(3)27(42-13-9-8-10-23(5)43-26)16-35(7)44(40,41)28-17-34(6)19-31-28/h11-12,14,17,19-23,27,37H,8-10,13,15-16,18H2,1-7H3,(H2,32,33,39)/t21-,22+,23-,27-/m0/s1. The number of rotatable bonds is 8. The molecule has 0 unspecified atom stereocenters. The molecule has 2 aromatic rings. The molecule has 0 fully saturated rings. The number of anilines is 1. The van der Waals surface area contributed by atoms with E-state index in [-0.39, 0.29) is 48.3 Å². The summed E-state index contributed by atoms with van der Waals surface area (Å²) in [6.07, 6.45) is 4.37. The van der Waals surface area contributed by atoms with Gasteiger partial charge in [-0.3, -0.25) is 4.79 Å². The van der Waals surface area contributed by atoms with Gasteiger partial charge in [0.05, 0.1) is 36.7 Å². The van der Waals surface area contributed by atoms with Gasteiger partial charge in [0, 0.05) is 57.6 Å². The lowest BCUT2D eigenvalue weighted by atomic mass is 10.0. The number of nitrogens with one attached hydrogen (secondary N) is 2. The number of likely N-dealkylation sites (N-methyl/N-ethyl adjacent to an activating group) is 1. The lowest BCUT2D eigenvalue weighted by Crippen LogP contribution is -2.48. The van der Waals surface area contributed by atoms with Crippen molar-refractivity contribution in [2.45, 2.75) is 83.2 Å². The Morgan fingerprint density at radius 3 is 2.59 bits per heavy atom. The third-order valence-electron chi connectivity index (χ3n) is 7.52. The van der Waals surface area contributed by atoms with Gasteiger partial charge in [0.2, 0.25) is 0 Å². The predicted molar refractivity (Wildman–Crippen MR) is 167 cm³/mol. The van der Waals surface area contributed by atoms with Gasteiger partial charge in [-0.05, 0) is 65.2 Å². The molecule has 44 heavy (non-hydrogen) atoms. The number of aliphatic hydroxyl groups is 1. The molecule has 2 heterocycles. The second kappa shape index (κ2) is 15.7. The number of sulfonamides is 1. The molecular formula is C30H48N6O7S. The Morgan fingerprint density at radius 2 is 1.95 bits per heavy atom. The number of ether oxygens (including phenoxy) is 2. The fourth-order valence-electron chi connectivity index (χ4n) is 4.93. The first-order chi connectivity index (χ1) is 20.7. The Morgan fingerprint density at radius 1 is 1.23 bits per heavy atom. The normalized spacial score (nSPS) is 21.4. The predicted octanol–water partition coefficient (Wildman–Crippen LogP) is 3.07. The molecule has 246 valence electrons. The van der Waals surface area contributed by atoms with Crippen molar-refractivity contribution >= 4 is 27.6 Å². The third-order valence-corrected chi connectivity index (χ3v) is 9.23. The molecular weight excluding hydrogens is 588 g/mol. The highest BCUT2D eigenvalue weighted by Gasteiger charge is 2.33. The first-order valence-electron chi connectivity index (χ1n) is 15.1. The van der Waals surface area contributed by atoms with Gasteiger partial charge in [-0.15, -0.1) is 0 Å². The minimum atomic E-state index is -3.87. The van der Waals surface area contributed by atoms with E-state index in [2.05, 4.69) is 15.6 Å². The molecule has 1 aromatic carbocycles. The van der Waals surface area contributed by atoms with Crippen LogP contribution in [0, 0.1) is 5.92 Å². The second-order valence-electron chi connectivity index (χ2n) is 11.9. The Labute approximate surface area is 261 Å². The number of carbonyl (C=O) groups excluding carboxylic acids is 2. The highest BCUT2D eigenvalue weighted by atomic mass is 32.2. The third kappa shape index (κ3) is 9.40. The number of aromatic nitrogens is 2. The number of urea groups is 1. The van der Waals surface area contributed by atoms with Crippen LogP contribution in [0.4, 0.5) is 10.5 Å². The molecule has 0 saturated carbocycles. The molecule has 3 rings (SSSR count). The fraction of sp³-hybridized carbons (Fsp3) is 0.633. The van der Waals surface area contributed by atoms with E-state index in [1.807, 2.05) is 27.7 Å². The SMILES string of the molecule is CC(C)NC(=O)Nc1ccc2c(c1)C(=O)N([C@H](C)CO)C[C@H](C)[C@H](CN(C)S(=O)(=O)c1cn(C)cn1)OCCCC[C@H](C)O2. The highest BCUT2D eigenvalue weighted by molar-refractivity contribution is 7.89. The van der Waals surface area contributed by atoms with Gasteiger partial charge < -0.3 is 34.7 Å². The maximum atomic E-state index is 14.2. The molecule has 1 aromatic heterocycles. The van der Waals surface area contributed by atoms with Crippen LogP contribution in [0.1, 0.15) is 64.2 Å². The number of hydrogen-bond acceptors (Lipinski definition) is 8. The lowest BCUT2D eigenvalue weighted by Gasteiger charge is -2.35. The van der Waals surface area contributed by atoms with Crippen LogP contribution in [0.2, 0.25) is 0 Å². The number of amides is 3. The zero-order chi connectivity index (χ0) is 32.6. The number of benzene rings is 1. The smallest absolute Gasteiger partial charge is 0.319 e. The number of hydrogen-bond donors (Lipinski definition) is 3. The van der Waals surface area contributed by atoms with Crippen LogP contribution < -0.4 is 15.4 Å². The van der Waals surface area contributed by atoms with E-state index >= 15 is 0 Å². The Balaban J connectivity index is 1.96. The number of aryl methyl sites for hydroxylation is 1. The Hall–Kier alpha value is -3.20. The molecule has 0 bridgehead atoms. The second-order valence-corrected chi connectivity index (χ2v) is 13.9. The first-order valence-corrected chi connectivity index (χ1v) is 16.5. The average molecular weight is 637 g/mol. The quantitative estimate of drug-likeness (QED) is 0.399. The van der Waals surface area contributed by atoms with Crippen molar-refractivity contribution in [2.24, 2.45) is 13.0 Å². The molecule has 3 N–H and O–H groups in total. The average Bonchev–Trinajstić information content (AvgIpc) is 3.41. The van der Waals surface area contributed by atoms with Crippen LogP contribution in [-0.4, -0.2) is 102 Å². The summed E-state index contributed by atoms with van der Waals surface area (Å²) in [6.45, 7) is 9.59. The van der Waals surface area contributed by atoms with Gasteiger partial charge in [0.25, 0.3) is 15.9 Å². The largest absolute Gasteiger partial charge is 0.490 e. The molecule has 0 saturated heterocycles. The highest BCUT2D eigenvalue weighted by Crippen LogP contribution is 2.29. The summed E-state index contributed by atoms with van der Waals surface area (Å²) in [6, 6.07) is 3.90. The summed E-state index contributed by atoms with van der Waals surface area (Å²) < 4.78 is 41.8.